The van der Waals surface area contributed by atoms with Crippen molar-refractivity contribution < 1.29 is 32.2 Å². The van der Waals surface area contributed by atoms with Crippen LogP contribution in [0.2, 0.25) is 0 Å². The summed E-state index contributed by atoms with van der Waals surface area (Å²) in [5.41, 5.74) is 3.08. The number of sulfonamides is 1. The molecule has 0 fully saturated rings. The lowest BCUT2D eigenvalue weighted by Crippen LogP contribution is -2.46. The summed E-state index contributed by atoms with van der Waals surface area (Å²) in [7, 11) is -2.40. The monoisotopic (exact) mass is 542 g/mol. The van der Waals surface area contributed by atoms with Gasteiger partial charge >= 0.3 is 12.1 Å². The average molecular weight is 543 g/mol. The first kappa shape index (κ1) is 27.5. The number of methoxy groups -OCH3 is 1. The second-order valence-electron chi connectivity index (χ2n) is 9.26. The molecule has 2 aromatic rings. The van der Waals surface area contributed by atoms with Crippen LogP contribution in [0.1, 0.15) is 50.7 Å². The van der Waals surface area contributed by atoms with Crippen molar-refractivity contribution in [3.8, 4) is 5.75 Å². The Hall–Kier alpha value is -3.53. The van der Waals surface area contributed by atoms with Gasteiger partial charge in [-0.15, -0.1) is 0 Å². The van der Waals surface area contributed by atoms with Crippen LogP contribution in [0.25, 0.3) is 5.70 Å². The van der Waals surface area contributed by atoms with Crippen molar-refractivity contribution in [2.45, 2.75) is 57.4 Å². The number of hydrogen-bond acceptors (Lipinski definition) is 7. The van der Waals surface area contributed by atoms with Gasteiger partial charge in [0, 0.05) is 18.2 Å². The Bertz CT molecular complexity index is 1340. The van der Waals surface area contributed by atoms with Crippen molar-refractivity contribution in [2.75, 3.05) is 31.8 Å². The lowest BCUT2D eigenvalue weighted by molar-refractivity contribution is -0.143. The maximum absolute atomic E-state index is 13.8. The van der Waals surface area contributed by atoms with Crippen molar-refractivity contribution in [1.82, 2.24) is 4.31 Å². The number of hydrogen-bond donors (Lipinski definition) is 0. The van der Waals surface area contributed by atoms with Gasteiger partial charge in [0.05, 0.1) is 49.1 Å². The number of ether oxygens (including phenoxy) is 3. The molecule has 0 radical (unpaired) electrons. The molecule has 0 saturated heterocycles. The highest BCUT2D eigenvalue weighted by Gasteiger charge is 2.45. The van der Waals surface area contributed by atoms with Crippen LogP contribution in [0, 0.1) is 6.92 Å². The molecule has 38 heavy (non-hydrogen) atoms. The molecule has 2 aliphatic heterocycles. The number of unbranched alkanes of at least 4 members (excludes halogenated alkanes) is 1. The third kappa shape index (κ3) is 5.22. The maximum atomic E-state index is 13.8. The van der Waals surface area contributed by atoms with E-state index >= 15 is 0 Å². The first-order valence-corrected chi connectivity index (χ1v) is 14.3. The van der Waals surface area contributed by atoms with Gasteiger partial charge in [-0.3, -0.25) is 14.0 Å². The summed E-state index contributed by atoms with van der Waals surface area (Å²) in [5, 5.41) is 0. The van der Waals surface area contributed by atoms with Crippen LogP contribution in [-0.2, 0) is 24.3 Å². The van der Waals surface area contributed by atoms with Gasteiger partial charge in [0.15, 0.2) is 0 Å². The van der Waals surface area contributed by atoms with Crippen molar-refractivity contribution in [1.29, 1.82) is 0 Å². The third-order valence-electron chi connectivity index (χ3n) is 6.77. The van der Waals surface area contributed by atoms with Gasteiger partial charge in [-0.05, 0) is 56.5 Å². The molecule has 1 unspecified atom stereocenters. The minimum Gasteiger partial charge on any atom is -0.497 e. The smallest absolute Gasteiger partial charge is 0.414 e. The highest BCUT2D eigenvalue weighted by Crippen LogP contribution is 2.48. The Labute approximate surface area is 224 Å². The number of rotatable bonds is 9. The van der Waals surface area contributed by atoms with E-state index in [0.29, 0.717) is 34.7 Å². The van der Waals surface area contributed by atoms with Gasteiger partial charge in [0.25, 0.3) is 10.0 Å². The van der Waals surface area contributed by atoms with Crippen LogP contribution in [0.3, 0.4) is 0 Å². The zero-order chi connectivity index (χ0) is 27.4. The Balaban J connectivity index is 1.85. The molecule has 0 saturated carbocycles. The molecule has 0 bridgehead atoms. The van der Waals surface area contributed by atoms with Crippen LogP contribution in [0.15, 0.2) is 52.9 Å². The molecule has 1 amide bonds. The Morgan fingerprint density at radius 1 is 1.05 bits per heavy atom. The van der Waals surface area contributed by atoms with Crippen LogP contribution in [0.5, 0.6) is 5.75 Å². The molecule has 204 valence electrons. The molecule has 0 N–H and O–H groups in total. The van der Waals surface area contributed by atoms with Crippen molar-refractivity contribution >= 4 is 33.5 Å². The Kier molecular flexibility index (Phi) is 8.30. The van der Waals surface area contributed by atoms with E-state index in [9.17, 15) is 18.0 Å². The molecular formula is C28H34N2O7S. The molecule has 0 spiro atoms. The van der Waals surface area contributed by atoms with Crippen molar-refractivity contribution in [3.05, 3.63) is 59.2 Å². The second kappa shape index (κ2) is 11.5. The molecule has 2 aromatic carbocycles. The highest BCUT2D eigenvalue weighted by atomic mass is 32.2. The fourth-order valence-electron chi connectivity index (χ4n) is 4.86. The summed E-state index contributed by atoms with van der Waals surface area (Å²) < 4.78 is 45.3. The summed E-state index contributed by atoms with van der Waals surface area (Å²) in [6, 6.07) is 11.1. The number of anilines is 1. The standard InChI is InChI=1S/C28H34N2O7S/c1-5-7-16-37-26(31)18-25-23-14-15-29(38(33,34)21-11-8-19(3)9-12-21)27(23)22-13-10-20(35-4)17-24(22)30(25)28(32)36-6-2/h8-13,17,25H,5-7,14-16,18H2,1-4H3. The molecule has 1 atom stereocenters. The molecule has 2 heterocycles. The fraction of sp³-hybridized carbons (Fsp3) is 0.429. The SMILES string of the molecule is CCCCOC(=O)CC1C2=C(c3ccc(OC)cc3N1C(=O)OCC)N(S(=O)(=O)c1ccc(C)cc1)CC2. The number of nitrogens with zero attached hydrogens (tertiary/aromatic N) is 2. The summed E-state index contributed by atoms with van der Waals surface area (Å²) in [4.78, 5) is 27.8. The van der Waals surface area contributed by atoms with E-state index in [4.69, 9.17) is 14.2 Å². The van der Waals surface area contributed by atoms with Crippen molar-refractivity contribution in [3.63, 3.8) is 0 Å². The maximum Gasteiger partial charge on any atom is 0.414 e. The van der Waals surface area contributed by atoms with E-state index in [1.54, 1.807) is 49.4 Å². The Morgan fingerprint density at radius 3 is 2.45 bits per heavy atom. The number of carbonyl (C=O) groups excluding carboxylic acids is 2. The average Bonchev–Trinajstić information content (AvgIpc) is 3.35. The van der Waals surface area contributed by atoms with E-state index in [-0.39, 0.29) is 31.1 Å². The zero-order valence-corrected chi connectivity index (χ0v) is 23.0. The number of benzene rings is 2. The van der Waals surface area contributed by atoms with E-state index in [1.165, 1.54) is 16.3 Å². The molecule has 2 aliphatic rings. The summed E-state index contributed by atoms with van der Waals surface area (Å²) in [6.45, 7) is 6.21. The molecule has 10 heteroatoms. The molecule has 0 aliphatic carbocycles. The van der Waals surface area contributed by atoms with Gasteiger partial charge in [0.1, 0.15) is 5.75 Å². The molecule has 9 nitrogen and oxygen atoms in total. The van der Waals surface area contributed by atoms with Gasteiger partial charge in [0.2, 0.25) is 0 Å². The van der Waals surface area contributed by atoms with Gasteiger partial charge in [-0.1, -0.05) is 31.0 Å². The number of carbonyl (C=O) groups is 2. The van der Waals surface area contributed by atoms with Gasteiger partial charge < -0.3 is 14.2 Å². The first-order valence-electron chi connectivity index (χ1n) is 12.8. The third-order valence-corrected chi connectivity index (χ3v) is 8.58. The summed E-state index contributed by atoms with van der Waals surface area (Å²) >= 11 is 0. The normalized spacial score (nSPS) is 16.7. The van der Waals surface area contributed by atoms with Gasteiger partial charge in [-0.25, -0.2) is 13.2 Å². The number of esters is 1. The van der Waals surface area contributed by atoms with Crippen LogP contribution in [-0.4, -0.2) is 57.7 Å². The molecule has 4 rings (SSSR count). The lowest BCUT2D eigenvalue weighted by atomic mass is 9.90. The minimum atomic E-state index is -3.91. The second-order valence-corrected chi connectivity index (χ2v) is 11.1. The predicted octanol–water partition coefficient (Wildman–Crippen LogP) is 4.89. The summed E-state index contributed by atoms with van der Waals surface area (Å²) in [5.74, 6) is 0.0214. The number of amides is 1. The lowest BCUT2D eigenvalue weighted by Gasteiger charge is -2.38. The van der Waals surface area contributed by atoms with Gasteiger partial charge in [-0.2, -0.15) is 0 Å². The molecule has 0 aromatic heterocycles. The number of aryl methyl sites for hydroxylation is 1. The van der Waals surface area contributed by atoms with E-state index < -0.39 is 28.1 Å². The van der Waals surface area contributed by atoms with Crippen molar-refractivity contribution in [2.24, 2.45) is 0 Å². The largest absolute Gasteiger partial charge is 0.497 e. The van der Waals surface area contributed by atoms with E-state index in [1.807, 2.05) is 13.8 Å². The van der Waals surface area contributed by atoms with E-state index in [2.05, 4.69) is 0 Å². The fourth-order valence-corrected chi connectivity index (χ4v) is 6.39. The molecular weight excluding hydrogens is 508 g/mol. The zero-order valence-electron chi connectivity index (χ0n) is 22.2. The van der Waals surface area contributed by atoms with Crippen LogP contribution in [0.4, 0.5) is 10.5 Å². The van der Waals surface area contributed by atoms with Crippen LogP contribution >= 0.6 is 0 Å². The topological polar surface area (TPSA) is 102 Å². The van der Waals surface area contributed by atoms with Crippen LogP contribution < -0.4 is 9.64 Å². The minimum absolute atomic E-state index is 0.129. The first-order chi connectivity index (χ1) is 18.2. The number of fused-ring (bicyclic) bond motifs is 2. The highest BCUT2D eigenvalue weighted by molar-refractivity contribution is 7.89. The Morgan fingerprint density at radius 2 is 1.79 bits per heavy atom. The van der Waals surface area contributed by atoms with E-state index in [0.717, 1.165) is 18.4 Å². The predicted molar refractivity (Wildman–Crippen MR) is 143 cm³/mol. The summed E-state index contributed by atoms with van der Waals surface area (Å²) in [6.07, 6.45) is 1.21. The quantitative estimate of drug-likeness (QED) is 0.328.